The van der Waals surface area contributed by atoms with Gasteiger partial charge in [0.2, 0.25) is 0 Å². The lowest BCUT2D eigenvalue weighted by atomic mass is 10.2. The monoisotopic (exact) mass is 366 g/mol. The molecule has 0 radical (unpaired) electrons. The van der Waals surface area contributed by atoms with Crippen molar-refractivity contribution in [1.82, 2.24) is 10.6 Å². The highest BCUT2D eigenvalue weighted by molar-refractivity contribution is 6.31. The van der Waals surface area contributed by atoms with E-state index in [1.54, 1.807) is 36.4 Å². The van der Waals surface area contributed by atoms with Crippen molar-refractivity contribution in [1.29, 1.82) is 0 Å². The van der Waals surface area contributed by atoms with Gasteiger partial charge in [-0.25, -0.2) is 0 Å². The van der Waals surface area contributed by atoms with Crippen LogP contribution in [0, 0.1) is 0 Å². The molecule has 0 saturated heterocycles. The summed E-state index contributed by atoms with van der Waals surface area (Å²) in [5, 5.41) is 6.33. The predicted octanol–water partition coefficient (Wildman–Crippen LogP) is 3.16. The van der Waals surface area contributed by atoms with Gasteiger partial charge in [-0.05, 0) is 36.4 Å². The number of amides is 2. The van der Waals surface area contributed by atoms with E-state index in [9.17, 15) is 9.59 Å². The second-order valence-electron chi connectivity index (χ2n) is 4.87. The SMILES string of the molecule is COc1ccc(Cl)cc1C(=O)NCCNC(=O)c1cccc(Cl)c1. The molecule has 0 aliphatic carbocycles. The molecule has 126 valence electrons. The van der Waals surface area contributed by atoms with Crippen LogP contribution in [0.5, 0.6) is 5.75 Å². The molecule has 24 heavy (non-hydrogen) atoms. The number of carbonyl (C=O) groups is 2. The molecule has 2 rings (SSSR count). The zero-order chi connectivity index (χ0) is 17.5. The maximum absolute atomic E-state index is 12.2. The molecule has 0 aliphatic rings. The molecule has 0 saturated carbocycles. The fourth-order valence-electron chi connectivity index (χ4n) is 2.04. The molecule has 2 aromatic carbocycles. The molecule has 0 unspecified atom stereocenters. The molecule has 0 spiro atoms. The van der Waals surface area contributed by atoms with E-state index in [4.69, 9.17) is 27.9 Å². The third-order valence-corrected chi connectivity index (χ3v) is 3.66. The molecule has 5 nitrogen and oxygen atoms in total. The summed E-state index contributed by atoms with van der Waals surface area (Å²) in [6.45, 7) is 0.542. The Morgan fingerprint density at radius 2 is 1.62 bits per heavy atom. The third-order valence-electron chi connectivity index (χ3n) is 3.19. The van der Waals surface area contributed by atoms with E-state index in [-0.39, 0.29) is 24.9 Å². The summed E-state index contributed by atoms with van der Waals surface area (Å²) < 4.78 is 5.13. The number of nitrogens with one attached hydrogen (secondary N) is 2. The molecule has 0 aromatic heterocycles. The van der Waals surface area contributed by atoms with E-state index in [0.29, 0.717) is 26.9 Å². The van der Waals surface area contributed by atoms with Gasteiger partial charge in [0.05, 0.1) is 12.7 Å². The Bertz CT molecular complexity index is 750. The Balaban J connectivity index is 1.85. The molecule has 7 heteroatoms. The molecule has 0 heterocycles. The van der Waals surface area contributed by atoms with Crippen LogP contribution >= 0.6 is 23.2 Å². The summed E-state index contributed by atoms with van der Waals surface area (Å²) in [6, 6.07) is 11.4. The number of carbonyl (C=O) groups excluding carboxylic acids is 2. The lowest BCUT2D eigenvalue weighted by Gasteiger charge is -2.10. The molecule has 2 amide bonds. The number of rotatable bonds is 6. The maximum Gasteiger partial charge on any atom is 0.255 e. The highest BCUT2D eigenvalue weighted by Gasteiger charge is 2.12. The van der Waals surface area contributed by atoms with E-state index in [2.05, 4.69) is 10.6 Å². The molecular weight excluding hydrogens is 351 g/mol. The van der Waals surface area contributed by atoms with Crippen LogP contribution < -0.4 is 15.4 Å². The van der Waals surface area contributed by atoms with Crippen molar-refractivity contribution >= 4 is 35.0 Å². The Morgan fingerprint density at radius 1 is 0.958 bits per heavy atom. The molecule has 0 fully saturated rings. The van der Waals surface area contributed by atoms with E-state index in [1.165, 1.54) is 13.2 Å². The van der Waals surface area contributed by atoms with Gasteiger partial charge in [-0.3, -0.25) is 9.59 Å². The first-order chi connectivity index (χ1) is 11.5. The average molecular weight is 367 g/mol. The zero-order valence-corrected chi connectivity index (χ0v) is 14.4. The van der Waals surface area contributed by atoms with E-state index in [1.807, 2.05) is 0 Å². The average Bonchev–Trinajstić information content (AvgIpc) is 2.58. The first-order valence-corrected chi connectivity index (χ1v) is 7.92. The van der Waals surface area contributed by atoms with Crippen molar-refractivity contribution in [3.05, 3.63) is 63.6 Å². The summed E-state index contributed by atoms with van der Waals surface area (Å²) in [4.78, 5) is 24.1. The molecule has 0 atom stereocenters. The topological polar surface area (TPSA) is 67.4 Å². The van der Waals surface area contributed by atoms with Crippen molar-refractivity contribution in [2.45, 2.75) is 0 Å². The van der Waals surface area contributed by atoms with Crippen LogP contribution in [0.15, 0.2) is 42.5 Å². The van der Waals surface area contributed by atoms with Gasteiger partial charge in [-0.2, -0.15) is 0 Å². The van der Waals surface area contributed by atoms with Crippen LogP contribution in [0.4, 0.5) is 0 Å². The number of halogens is 2. The van der Waals surface area contributed by atoms with Crippen molar-refractivity contribution < 1.29 is 14.3 Å². The smallest absolute Gasteiger partial charge is 0.255 e. The van der Waals surface area contributed by atoms with Gasteiger partial charge < -0.3 is 15.4 Å². The van der Waals surface area contributed by atoms with E-state index < -0.39 is 0 Å². The second-order valence-corrected chi connectivity index (χ2v) is 5.74. The van der Waals surface area contributed by atoms with Gasteiger partial charge in [0.15, 0.2) is 0 Å². The Hall–Kier alpha value is -2.24. The number of hydrogen-bond donors (Lipinski definition) is 2. The summed E-state index contributed by atoms with van der Waals surface area (Å²) in [7, 11) is 1.48. The molecular formula is C17H16Cl2N2O3. The molecule has 0 aliphatic heterocycles. The van der Waals surface area contributed by atoms with Gasteiger partial charge in [-0.15, -0.1) is 0 Å². The highest BCUT2D eigenvalue weighted by atomic mass is 35.5. The van der Waals surface area contributed by atoms with Crippen LogP contribution in [0.3, 0.4) is 0 Å². The number of methoxy groups -OCH3 is 1. The lowest BCUT2D eigenvalue weighted by Crippen LogP contribution is -2.34. The maximum atomic E-state index is 12.2. The van der Waals surface area contributed by atoms with Crippen LogP contribution in [0.25, 0.3) is 0 Å². The van der Waals surface area contributed by atoms with E-state index in [0.717, 1.165) is 0 Å². The number of hydrogen-bond acceptors (Lipinski definition) is 3. The van der Waals surface area contributed by atoms with Crippen molar-refractivity contribution in [2.75, 3.05) is 20.2 Å². The van der Waals surface area contributed by atoms with Crippen LogP contribution in [-0.2, 0) is 0 Å². The van der Waals surface area contributed by atoms with Crippen molar-refractivity contribution in [3.8, 4) is 5.75 Å². The first-order valence-electron chi connectivity index (χ1n) is 7.17. The van der Waals surface area contributed by atoms with Gasteiger partial charge in [-0.1, -0.05) is 29.3 Å². The van der Waals surface area contributed by atoms with Gasteiger partial charge in [0, 0.05) is 28.7 Å². The van der Waals surface area contributed by atoms with Crippen molar-refractivity contribution in [2.24, 2.45) is 0 Å². The number of ether oxygens (including phenoxy) is 1. The summed E-state index contributed by atoms with van der Waals surface area (Å²) in [6.07, 6.45) is 0. The first kappa shape index (κ1) is 18.1. The fraction of sp³-hybridized carbons (Fsp3) is 0.176. The normalized spacial score (nSPS) is 10.1. The van der Waals surface area contributed by atoms with Crippen molar-refractivity contribution in [3.63, 3.8) is 0 Å². The van der Waals surface area contributed by atoms with Gasteiger partial charge >= 0.3 is 0 Å². The Kier molecular flexibility index (Phi) is 6.46. The Morgan fingerprint density at radius 3 is 2.29 bits per heavy atom. The van der Waals surface area contributed by atoms with Gasteiger partial charge in [0.25, 0.3) is 11.8 Å². The molecule has 2 aromatic rings. The van der Waals surface area contributed by atoms with Crippen LogP contribution in [0.1, 0.15) is 20.7 Å². The molecule has 2 N–H and O–H groups in total. The standard InChI is InChI=1S/C17H16Cl2N2O3/c1-24-15-6-5-13(19)10-14(15)17(23)21-8-7-20-16(22)11-3-2-4-12(18)9-11/h2-6,9-10H,7-8H2,1H3,(H,20,22)(H,21,23). The molecule has 0 bridgehead atoms. The second kappa shape index (κ2) is 8.57. The zero-order valence-electron chi connectivity index (χ0n) is 12.9. The highest BCUT2D eigenvalue weighted by Crippen LogP contribution is 2.22. The third kappa shape index (κ3) is 4.88. The minimum absolute atomic E-state index is 0.257. The minimum atomic E-state index is -0.327. The van der Waals surface area contributed by atoms with Crippen LogP contribution in [-0.4, -0.2) is 32.0 Å². The van der Waals surface area contributed by atoms with E-state index >= 15 is 0 Å². The largest absolute Gasteiger partial charge is 0.496 e. The Labute approximate surface area is 149 Å². The summed E-state index contributed by atoms with van der Waals surface area (Å²) in [5.74, 6) is -0.154. The quantitative estimate of drug-likeness (QED) is 0.771. The van der Waals surface area contributed by atoms with Gasteiger partial charge in [0.1, 0.15) is 5.75 Å². The lowest BCUT2D eigenvalue weighted by molar-refractivity contribution is 0.0926. The number of benzene rings is 2. The summed E-state index contributed by atoms with van der Waals surface area (Å²) in [5.41, 5.74) is 0.802. The minimum Gasteiger partial charge on any atom is -0.496 e. The summed E-state index contributed by atoms with van der Waals surface area (Å²) >= 11 is 11.7. The predicted molar refractivity (Wildman–Crippen MR) is 94.1 cm³/mol. The van der Waals surface area contributed by atoms with Crippen LogP contribution in [0.2, 0.25) is 10.0 Å². The fourth-order valence-corrected chi connectivity index (χ4v) is 2.40.